The average Bonchev–Trinajstić information content (AvgIpc) is 2.38. The first-order valence-corrected chi connectivity index (χ1v) is 6.37. The normalized spacial score (nSPS) is 10.5. The second-order valence-corrected chi connectivity index (χ2v) is 4.64. The zero-order valence-corrected chi connectivity index (χ0v) is 11.4. The van der Waals surface area contributed by atoms with E-state index in [2.05, 4.69) is 5.32 Å². The summed E-state index contributed by atoms with van der Waals surface area (Å²) in [6, 6.07) is 12.0. The van der Waals surface area contributed by atoms with Crippen molar-refractivity contribution >= 4 is 11.6 Å². The van der Waals surface area contributed by atoms with Gasteiger partial charge in [-0.3, -0.25) is 0 Å². The van der Waals surface area contributed by atoms with E-state index in [0.29, 0.717) is 23.9 Å². The highest BCUT2D eigenvalue weighted by atomic mass is 35.5. The van der Waals surface area contributed by atoms with Gasteiger partial charge in [-0.05, 0) is 42.9 Å². The van der Waals surface area contributed by atoms with Crippen LogP contribution in [0.4, 0.5) is 4.39 Å². The minimum absolute atomic E-state index is 0.264. The molecule has 2 aromatic rings. The van der Waals surface area contributed by atoms with Crippen molar-refractivity contribution < 1.29 is 9.13 Å². The fourth-order valence-electron chi connectivity index (χ4n) is 1.81. The number of hydrogen-bond acceptors (Lipinski definition) is 2. The van der Waals surface area contributed by atoms with Gasteiger partial charge in [0.05, 0.1) is 0 Å². The highest BCUT2D eigenvalue weighted by Crippen LogP contribution is 2.21. The van der Waals surface area contributed by atoms with Gasteiger partial charge in [0.2, 0.25) is 0 Å². The first-order valence-electron chi connectivity index (χ1n) is 5.99. The van der Waals surface area contributed by atoms with Crippen molar-refractivity contribution in [1.82, 2.24) is 5.32 Å². The Morgan fingerprint density at radius 2 is 2.05 bits per heavy atom. The minimum Gasteiger partial charge on any atom is -0.489 e. The molecule has 100 valence electrons. The van der Waals surface area contributed by atoms with Crippen LogP contribution in [-0.4, -0.2) is 7.05 Å². The van der Waals surface area contributed by atoms with Gasteiger partial charge in [-0.1, -0.05) is 23.7 Å². The first-order chi connectivity index (χ1) is 9.19. The van der Waals surface area contributed by atoms with Crippen LogP contribution in [-0.2, 0) is 13.2 Å². The molecular formula is C15H15ClFNO. The third-order valence-corrected chi connectivity index (χ3v) is 2.91. The zero-order valence-electron chi connectivity index (χ0n) is 10.6. The molecule has 0 atom stereocenters. The molecule has 0 saturated heterocycles. The average molecular weight is 280 g/mol. The van der Waals surface area contributed by atoms with Crippen LogP contribution >= 0.6 is 11.6 Å². The predicted octanol–water partition coefficient (Wildman–Crippen LogP) is 3.78. The maximum Gasteiger partial charge on any atom is 0.124 e. The third kappa shape index (κ3) is 3.94. The fraction of sp³-hybridized carbons (Fsp3) is 0.200. The summed E-state index contributed by atoms with van der Waals surface area (Å²) >= 11 is 5.91. The lowest BCUT2D eigenvalue weighted by atomic mass is 10.2. The van der Waals surface area contributed by atoms with Crippen LogP contribution in [0, 0.1) is 5.82 Å². The summed E-state index contributed by atoms with van der Waals surface area (Å²) in [5.74, 6) is 0.413. The summed E-state index contributed by atoms with van der Waals surface area (Å²) in [4.78, 5) is 0. The Kier molecular flexibility index (Phi) is 4.77. The smallest absolute Gasteiger partial charge is 0.124 e. The van der Waals surface area contributed by atoms with Crippen molar-refractivity contribution in [1.29, 1.82) is 0 Å². The Morgan fingerprint density at radius 3 is 2.79 bits per heavy atom. The molecule has 0 saturated carbocycles. The summed E-state index contributed by atoms with van der Waals surface area (Å²) in [5.41, 5.74) is 1.77. The second-order valence-electron chi connectivity index (χ2n) is 4.20. The fourth-order valence-corrected chi connectivity index (χ4v) is 2.02. The lowest BCUT2D eigenvalue weighted by Crippen LogP contribution is -2.08. The molecule has 0 bridgehead atoms. The van der Waals surface area contributed by atoms with Gasteiger partial charge in [0, 0.05) is 17.1 Å². The van der Waals surface area contributed by atoms with Crippen LogP contribution in [0.3, 0.4) is 0 Å². The van der Waals surface area contributed by atoms with E-state index in [1.165, 1.54) is 12.1 Å². The number of nitrogens with one attached hydrogen (secondary N) is 1. The lowest BCUT2D eigenvalue weighted by molar-refractivity contribution is 0.302. The molecule has 0 aliphatic carbocycles. The van der Waals surface area contributed by atoms with E-state index >= 15 is 0 Å². The van der Waals surface area contributed by atoms with Gasteiger partial charge in [-0.15, -0.1) is 0 Å². The van der Waals surface area contributed by atoms with Crippen LogP contribution in [0.2, 0.25) is 5.02 Å². The van der Waals surface area contributed by atoms with Gasteiger partial charge >= 0.3 is 0 Å². The maximum absolute atomic E-state index is 13.2. The standard InChI is InChI=1S/C15H15ClFNO/c1-18-9-12-8-14(17)5-6-15(12)19-10-11-3-2-4-13(16)7-11/h2-8,18H,9-10H2,1H3. The van der Waals surface area contributed by atoms with Crippen LogP contribution in [0.5, 0.6) is 5.75 Å². The molecule has 0 radical (unpaired) electrons. The molecule has 19 heavy (non-hydrogen) atoms. The predicted molar refractivity (Wildman–Crippen MR) is 74.9 cm³/mol. The van der Waals surface area contributed by atoms with Crippen LogP contribution < -0.4 is 10.1 Å². The van der Waals surface area contributed by atoms with Gasteiger partial charge in [0.1, 0.15) is 18.2 Å². The first kappa shape index (κ1) is 13.8. The monoisotopic (exact) mass is 279 g/mol. The number of rotatable bonds is 5. The quantitative estimate of drug-likeness (QED) is 0.899. The van der Waals surface area contributed by atoms with E-state index < -0.39 is 0 Å². The van der Waals surface area contributed by atoms with Crippen molar-refractivity contribution in [3.8, 4) is 5.75 Å². The van der Waals surface area contributed by atoms with Gasteiger partial charge < -0.3 is 10.1 Å². The number of ether oxygens (including phenoxy) is 1. The van der Waals surface area contributed by atoms with E-state index in [-0.39, 0.29) is 5.82 Å². The van der Waals surface area contributed by atoms with Gasteiger partial charge in [0.25, 0.3) is 0 Å². The summed E-state index contributed by atoms with van der Waals surface area (Å²) in [6.07, 6.45) is 0. The maximum atomic E-state index is 13.2. The molecule has 0 unspecified atom stereocenters. The molecule has 0 spiro atoms. The Hall–Kier alpha value is -1.58. The number of hydrogen-bond donors (Lipinski definition) is 1. The highest BCUT2D eigenvalue weighted by Gasteiger charge is 2.05. The van der Waals surface area contributed by atoms with Crippen LogP contribution in [0.1, 0.15) is 11.1 Å². The van der Waals surface area contributed by atoms with Crippen molar-refractivity contribution in [3.05, 3.63) is 64.4 Å². The molecule has 1 N–H and O–H groups in total. The molecule has 0 amide bonds. The minimum atomic E-state index is -0.264. The van der Waals surface area contributed by atoms with E-state index in [9.17, 15) is 4.39 Å². The van der Waals surface area contributed by atoms with E-state index in [1.807, 2.05) is 31.3 Å². The SMILES string of the molecule is CNCc1cc(F)ccc1OCc1cccc(Cl)c1. The zero-order chi connectivity index (χ0) is 13.7. The van der Waals surface area contributed by atoms with E-state index in [0.717, 1.165) is 11.1 Å². The molecule has 0 aliphatic heterocycles. The highest BCUT2D eigenvalue weighted by molar-refractivity contribution is 6.30. The van der Waals surface area contributed by atoms with Crippen molar-refractivity contribution in [3.63, 3.8) is 0 Å². The molecule has 4 heteroatoms. The summed E-state index contributed by atoms with van der Waals surface area (Å²) < 4.78 is 18.9. The number of halogens is 2. The Bertz CT molecular complexity index is 560. The number of benzene rings is 2. The van der Waals surface area contributed by atoms with Crippen molar-refractivity contribution in [2.45, 2.75) is 13.2 Å². The van der Waals surface area contributed by atoms with E-state index in [1.54, 1.807) is 6.07 Å². The third-order valence-electron chi connectivity index (χ3n) is 2.67. The lowest BCUT2D eigenvalue weighted by Gasteiger charge is -2.11. The molecule has 2 rings (SSSR count). The molecule has 2 nitrogen and oxygen atoms in total. The Morgan fingerprint density at radius 1 is 1.21 bits per heavy atom. The largest absolute Gasteiger partial charge is 0.489 e. The van der Waals surface area contributed by atoms with E-state index in [4.69, 9.17) is 16.3 Å². The van der Waals surface area contributed by atoms with Crippen LogP contribution in [0.15, 0.2) is 42.5 Å². The van der Waals surface area contributed by atoms with Crippen LogP contribution in [0.25, 0.3) is 0 Å². The van der Waals surface area contributed by atoms with Gasteiger partial charge in [-0.2, -0.15) is 0 Å². The molecular weight excluding hydrogens is 265 g/mol. The Labute approximate surface area is 117 Å². The Balaban J connectivity index is 2.10. The summed E-state index contributed by atoms with van der Waals surface area (Å²) in [7, 11) is 1.81. The van der Waals surface area contributed by atoms with Crippen molar-refractivity contribution in [2.24, 2.45) is 0 Å². The van der Waals surface area contributed by atoms with Crippen molar-refractivity contribution in [2.75, 3.05) is 7.05 Å². The topological polar surface area (TPSA) is 21.3 Å². The summed E-state index contributed by atoms with van der Waals surface area (Å²) in [5, 5.41) is 3.67. The van der Waals surface area contributed by atoms with Gasteiger partial charge in [-0.25, -0.2) is 4.39 Å². The van der Waals surface area contributed by atoms with Gasteiger partial charge in [0.15, 0.2) is 0 Å². The summed E-state index contributed by atoms with van der Waals surface area (Å²) in [6.45, 7) is 0.964. The molecule has 2 aromatic carbocycles. The second kappa shape index (κ2) is 6.55. The molecule has 0 aromatic heterocycles. The molecule has 0 aliphatic rings. The molecule has 0 fully saturated rings. The molecule has 0 heterocycles.